The van der Waals surface area contributed by atoms with Gasteiger partial charge in [0.15, 0.2) is 0 Å². The van der Waals surface area contributed by atoms with Gasteiger partial charge in [-0.1, -0.05) is 18.6 Å². The Morgan fingerprint density at radius 1 is 1.35 bits per heavy atom. The topological polar surface area (TPSA) is 40.5 Å². The van der Waals surface area contributed by atoms with Gasteiger partial charge in [-0.2, -0.15) is 0 Å². The van der Waals surface area contributed by atoms with Crippen LogP contribution in [-0.2, 0) is 6.42 Å². The molecule has 3 aliphatic carbocycles. The molecular formula is C18H22O2. The van der Waals surface area contributed by atoms with Gasteiger partial charge in [0.05, 0.1) is 7.45 Å². The Kier molecular flexibility index (Phi) is 1.98. The SMILES string of the molecule is [2H]C1([2H])C[C@H]2C3=C(CC[C@]2(C)[C@@]1([2H])O)c1ccc(O)cc1CC3. The average molecular weight is 273 g/mol. The number of aromatic hydroxyl groups is 1. The van der Waals surface area contributed by atoms with Crippen LogP contribution in [0, 0.1) is 11.3 Å². The van der Waals surface area contributed by atoms with Gasteiger partial charge in [0, 0.05) is 8.16 Å². The zero-order valence-corrected chi connectivity index (χ0v) is 11.7. The summed E-state index contributed by atoms with van der Waals surface area (Å²) in [6.45, 7) is 1.88. The van der Waals surface area contributed by atoms with Crippen LogP contribution >= 0.6 is 0 Å². The van der Waals surface area contributed by atoms with Crippen molar-refractivity contribution in [3.05, 3.63) is 34.9 Å². The predicted octanol–water partition coefficient (Wildman–Crippen LogP) is 3.66. The maximum atomic E-state index is 10.6. The van der Waals surface area contributed by atoms with E-state index in [1.165, 1.54) is 11.1 Å². The lowest BCUT2D eigenvalue weighted by molar-refractivity contribution is 0.0379. The molecule has 4 rings (SSSR count). The third kappa shape index (κ3) is 1.54. The normalized spacial score (nSPS) is 43.9. The van der Waals surface area contributed by atoms with Crippen LogP contribution in [0.5, 0.6) is 5.75 Å². The number of aliphatic hydroxyl groups is 1. The maximum Gasteiger partial charge on any atom is 0.115 e. The van der Waals surface area contributed by atoms with Crippen molar-refractivity contribution in [3.63, 3.8) is 0 Å². The second kappa shape index (κ2) is 4.11. The Hall–Kier alpha value is -1.28. The number of rotatable bonds is 0. The van der Waals surface area contributed by atoms with Gasteiger partial charge in [-0.25, -0.2) is 0 Å². The Morgan fingerprint density at radius 3 is 3.05 bits per heavy atom. The largest absolute Gasteiger partial charge is 0.508 e. The fraction of sp³-hybridized carbons (Fsp3) is 0.556. The zero-order valence-electron chi connectivity index (χ0n) is 14.7. The molecule has 0 aromatic heterocycles. The van der Waals surface area contributed by atoms with Gasteiger partial charge in [-0.15, -0.1) is 0 Å². The molecule has 0 heterocycles. The molecule has 0 bridgehead atoms. The van der Waals surface area contributed by atoms with Crippen molar-refractivity contribution in [1.82, 2.24) is 0 Å². The summed E-state index contributed by atoms with van der Waals surface area (Å²) in [7, 11) is 0. The van der Waals surface area contributed by atoms with E-state index in [0.29, 0.717) is 6.42 Å². The van der Waals surface area contributed by atoms with Crippen LogP contribution in [0.2, 0.25) is 0 Å². The Labute approximate surface area is 124 Å². The van der Waals surface area contributed by atoms with Crippen molar-refractivity contribution >= 4 is 5.57 Å². The molecule has 0 unspecified atom stereocenters. The number of hydrogen-bond donors (Lipinski definition) is 2. The van der Waals surface area contributed by atoms with Crippen LogP contribution in [0.4, 0.5) is 0 Å². The first-order chi connectivity index (χ1) is 10.7. The van der Waals surface area contributed by atoms with Crippen molar-refractivity contribution in [3.8, 4) is 5.75 Å². The van der Waals surface area contributed by atoms with Crippen LogP contribution in [0.3, 0.4) is 0 Å². The van der Waals surface area contributed by atoms with E-state index in [0.717, 1.165) is 30.4 Å². The molecule has 3 atom stereocenters. The molecular weight excluding hydrogens is 248 g/mol. The molecule has 2 N–H and O–H groups in total. The number of phenolic OH excluding ortho intramolecular Hbond substituents is 1. The summed E-state index contributed by atoms with van der Waals surface area (Å²) >= 11 is 0. The third-order valence-corrected chi connectivity index (χ3v) is 5.56. The number of fused-ring (bicyclic) bond motifs is 4. The molecule has 1 saturated carbocycles. The smallest absolute Gasteiger partial charge is 0.115 e. The molecule has 0 aliphatic heterocycles. The summed E-state index contributed by atoms with van der Waals surface area (Å²) in [4.78, 5) is 0. The van der Waals surface area contributed by atoms with Crippen LogP contribution in [0.25, 0.3) is 5.57 Å². The fourth-order valence-corrected chi connectivity index (χ4v) is 4.33. The monoisotopic (exact) mass is 273 g/mol. The number of phenols is 1. The summed E-state index contributed by atoms with van der Waals surface area (Å²) in [6, 6.07) is 5.48. The molecule has 0 spiro atoms. The first-order valence-corrected chi connectivity index (χ1v) is 7.44. The van der Waals surface area contributed by atoms with Gasteiger partial charge in [0.25, 0.3) is 0 Å². The molecule has 1 fully saturated rings. The zero-order chi connectivity index (χ0) is 16.6. The molecule has 2 heteroatoms. The van der Waals surface area contributed by atoms with Gasteiger partial charge in [-0.05, 0) is 73.2 Å². The molecule has 1 aromatic carbocycles. The Morgan fingerprint density at radius 2 is 2.20 bits per heavy atom. The van der Waals surface area contributed by atoms with Crippen LogP contribution in [-0.4, -0.2) is 16.3 Å². The van der Waals surface area contributed by atoms with E-state index < -0.39 is 17.9 Å². The lowest BCUT2D eigenvalue weighted by atomic mass is 9.62. The van der Waals surface area contributed by atoms with E-state index in [1.807, 2.05) is 19.1 Å². The van der Waals surface area contributed by atoms with Crippen LogP contribution in [0.1, 0.15) is 54.2 Å². The highest BCUT2D eigenvalue weighted by molar-refractivity contribution is 5.75. The van der Waals surface area contributed by atoms with Crippen LogP contribution < -0.4 is 0 Å². The van der Waals surface area contributed by atoms with E-state index in [-0.39, 0.29) is 18.1 Å². The second-order valence-corrected chi connectivity index (χ2v) is 6.54. The lowest BCUT2D eigenvalue weighted by Gasteiger charge is -2.43. The van der Waals surface area contributed by atoms with Crippen LogP contribution in [0.15, 0.2) is 23.8 Å². The van der Waals surface area contributed by atoms with Gasteiger partial charge in [0.2, 0.25) is 0 Å². The first-order valence-electron chi connectivity index (χ1n) is 8.94. The first kappa shape index (κ1) is 9.62. The molecule has 0 radical (unpaired) electrons. The fourth-order valence-electron chi connectivity index (χ4n) is 4.33. The average Bonchev–Trinajstić information content (AvgIpc) is 2.62. The van der Waals surface area contributed by atoms with Crippen molar-refractivity contribution in [2.24, 2.45) is 11.3 Å². The minimum Gasteiger partial charge on any atom is -0.508 e. The highest BCUT2D eigenvalue weighted by atomic mass is 16.3. The summed E-state index contributed by atoms with van der Waals surface area (Å²) < 4.78 is 24.6. The standard InChI is InChI=1S/C18H22O2/c1-18-9-8-14-13-5-3-12(19)10-11(13)2-4-15(14)16(18)6-7-17(18)20/h3,5,10,16-17,19-20H,2,4,6-9H2,1H3/t16-,17-,18-/m0/s1/i7D2,17D. The summed E-state index contributed by atoms with van der Waals surface area (Å²) in [5, 5.41) is 20.3. The molecule has 3 aliphatic rings. The Balaban J connectivity index is 1.85. The number of hydrogen-bond acceptors (Lipinski definition) is 2. The van der Waals surface area contributed by atoms with Crippen molar-refractivity contribution in [1.29, 1.82) is 0 Å². The van der Waals surface area contributed by atoms with Gasteiger partial charge < -0.3 is 10.2 Å². The van der Waals surface area contributed by atoms with E-state index in [1.54, 1.807) is 6.07 Å². The lowest BCUT2D eigenvalue weighted by Crippen LogP contribution is -2.37. The minimum absolute atomic E-state index is 0.0781. The van der Waals surface area contributed by atoms with E-state index in [9.17, 15) is 10.2 Å². The Bertz CT molecular complexity index is 723. The number of aryl methyl sites for hydroxylation is 1. The van der Waals surface area contributed by atoms with Gasteiger partial charge >= 0.3 is 0 Å². The summed E-state index contributed by atoms with van der Waals surface area (Å²) in [6.07, 6.45) is -0.668. The molecule has 20 heavy (non-hydrogen) atoms. The molecule has 2 nitrogen and oxygen atoms in total. The summed E-state index contributed by atoms with van der Waals surface area (Å²) in [5.74, 6) is 0.205. The second-order valence-electron chi connectivity index (χ2n) is 6.54. The number of benzene rings is 1. The number of allylic oxidation sites excluding steroid dienone is 2. The third-order valence-electron chi connectivity index (χ3n) is 5.56. The molecule has 106 valence electrons. The quantitative estimate of drug-likeness (QED) is 0.757. The van der Waals surface area contributed by atoms with Crippen molar-refractivity contribution in [2.45, 2.75) is 51.5 Å². The maximum absolute atomic E-state index is 10.6. The highest BCUT2D eigenvalue weighted by Gasteiger charge is 2.50. The van der Waals surface area contributed by atoms with Crippen molar-refractivity contribution < 1.29 is 14.3 Å². The van der Waals surface area contributed by atoms with E-state index >= 15 is 0 Å². The molecule has 0 saturated heterocycles. The van der Waals surface area contributed by atoms with Crippen molar-refractivity contribution in [2.75, 3.05) is 0 Å². The minimum atomic E-state index is -2.04. The van der Waals surface area contributed by atoms with Gasteiger partial charge in [-0.3, -0.25) is 0 Å². The molecule has 0 amide bonds. The predicted molar refractivity (Wildman–Crippen MR) is 79.4 cm³/mol. The van der Waals surface area contributed by atoms with Gasteiger partial charge in [0.1, 0.15) is 5.75 Å². The van der Waals surface area contributed by atoms with E-state index in [2.05, 4.69) is 0 Å². The highest BCUT2D eigenvalue weighted by Crippen LogP contribution is 2.58. The van der Waals surface area contributed by atoms with E-state index in [4.69, 9.17) is 4.11 Å². The summed E-state index contributed by atoms with van der Waals surface area (Å²) in [5.41, 5.74) is 4.05. The molecule has 1 aromatic rings.